The molecule has 1 amide bonds. The number of hydrogen-bond acceptors (Lipinski definition) is 4. The molecule has 0 bridgehead atoms. The van der Waals surface area contributed by atoms with Crippen molar-refractivity contribution < 1.29 is 9.53 Å². The molecule has 1 aliphatic rings. The maximum absolute atomic E-state index is 12.7. The van der Waals surface area contributed by atoms with Crippen molar-refractivity contribution in [2.45, 2.75) is 32.8 Å². The van der Waals surface area contributed by atoms with Crippen LogP contribution < -0.4 is 0 Å². The Morgan fingerprint density at radius 3 is 2.91 bits per heavy atom. The van der Waals surface area contributed by atoms with Gasteiger partial charge in [0.15, 0.2) is 5.65 Å². The van der Waals surface area contributed by atoms with Crippen molar-refractivity contribution in [1.82, 2.24) is 19.5 Å². The van der Waals surface area contributed by atoms with Crippen molar-refractivity contribution in [3.8, 4) is 0 Å². The molecule has 0 saturated carbocycles. The van der Waals surface area contributed by atoms with Crippen molar-refractivity contribution in [3.05, 3.63) is 30.2 Å². The molecule has 0 aliphatic carbocycles. The standard InChI is InChI=1S/C16H22N4O2/c1-12(2)22-10-13-5-8-19(9-6-13)16(21)14-4-3-7-20-11-17-18-15(14)20/h3-4,7,11-13H,5-6,8-10H2,1-2H3. The Hall–Kier alpha value is -1.95. The van der Waals surface area contributed by atoms with E-state index in [0.717, 1.165) is 32.5 Å². The van der Waals surface area contributed by atoms with Gasteiger partial charge >= 0.3 is 0 Å². The smallest absolute Gasteiger partial charge is 0.257 e. The van der Waals surface area contributed by atoms with E-state index in [1.807, 2.05) is 23.2 Å². The molecule has 0 spiro atoms. The van der Waals surface area contributed by atoms with E-state index in [2.05, 4.69) is 24.0 Å². The van der Waals surface area contributed by atoms with Crippen LogP contribution in [0.5, 0.6) is 0 Å². The summed E-state index contributed by atoms with van der Waals surface area (Å²) in [5.41, 5.74) is 1.25. The van der Waals surface area contributed by atoms with Gasteiger partial charge in [0.1, 0.15) is 6.33 Å². The largest absolute Gasteiger partial charge is 0.379 e. The van der Waals surface area contributed by atoms with E-state index in [1.54, 1.807) is 10.7 Å². The number of aromatic nitrogens is 3. The predicted octanol–water partition coefficient (Wildman–Crippen LogP) is 2.01. The minimum Gasteiger partial charge on any atom is -0.379 e. The Labute approximate surface area is 130 Å². The second-order valence-electron chi connectivity index (χ2n) is 6.10. The monoisotopic (exact) mass is 302 g/mol. The number of carbonyl (C=O) groups excluding carboxylic acids is 1. The zero-order chi connectivity index (χ0) is 15.5. The Bertz CT molecular complexity index is 644. The quantitative estimate of drug-likeness (QED) is 0.867. The third kappa shape index (κ3) is 3.11. The molecule has 2 aromatic rings. The summed E-state index contributed by atoms with van der Waals surface area (Å²) < 4.78 is 7.46. The van der Waals surface area contributed by atoms with Gasteiger partial charge in [0.05, 0.1) is 11.7 Å². The maximum atomic E-state index is 12.7. The molecule has 1 saturated heterocycles. The molecule has 6 nitrogen and oxygen atoms in total. The van der Waals surface area contributed by atoms with Crippen molar-refractivity contribution in [2.75, 3.05) is 19.7 Å². The Balaban J connectivity index is 1.64. The Morgan fingerprint density at radius 1 is 1.41 bits per heavy atom. The van der Waals surface area contributed by atoms with Gasteiger partial charge in [-0.25, -0.2) is 0 Å². The van der Waals surface area contributed by atoms with Crippen LogP contribution in [0.3, 0.4) is 0 Å². The van der Waals surface area contributed by atoms with Gasteiger partial charge in [0.2, 0.25) is 0 Å². The molecule has 6 heteroatoms. The number of ether oxygens (including phenoxy) is 1. The molecule has 0 unspecified atom stereocenters. The zero-order valence-corrected chi connectivity index (χ0v) is 13.1. The third-order valence-electron chi connectivity index (χ3n) is 4.12. The van der Waals surface area contributed by atoms with Gasteiger partial charge in [-0.05, 0) is 44.7 Å². The predicted molar refractivity (Wildman–Crippen MR) is 82.7 cm³/mol. The Morgan fingerprint density at radius 2 is 2.18 bits per heavy atom. The SMILES string of the molecule is CC(C)OCC1CCN(C(=O)c2cccn3cnnc23)CC1. The Kier molecular flexibility index (Phi) is 4.38. The van der Waals surface area contributed by atoms with Crippen LogP contribution in [0.2, 0.25) is 0 Å². The molecule has 0 radical (unpaired) electrons. The number of hydrogen-bond donors (Lipinski definition) is 0. The highest BCUT2D eigenvalue weighted by atomic mass is 16.5. The number of carbonyl (C=O) groups is 1. The van der Waals surface area contributed by atoms with Crippen molar-refractivity contribution in [1.29, 1.82) is 0 Å². The van der Waals surface area contributed by atoms with Crippen LogP contribution in [-0.2, 0) is 4.74 Å². The molecule has 118 valence electrons. The zero-order valence-electron chi connectivity index (χ0n) is 13.1. The minimum atomic E-state index is 0.0434. The highest BCUT2D eigenvalue weighted by Gasteiger charge is 2.25. The highest BCUT2D eigenvalue weighted by Crippen LogP contribution is 2.21. The molecule has 0 N–H and O–H groups in total. The first-order valence-electron chi connectivity index (χ1n) is 7.84. The van der Waals surface area contributed by atoms with Gasteiger partial charge in [-0.2, -0.15) is 0 Å². The van der Waals surface area contributed by atoms with Crippen LogP contribution in [-0.4, -0.2) is 51.2 Å². The minimum absolute atomic E-state index is 0.0434. The molecule has 1 fully saturated rings. The lowest BCUT2D eigenvalue weighted by Gasteiger charge is -2.32. The van der Waals surface area contributed by atoms with Gasteiger partial charge in [0, 0.05) is 25.9 Å². The number of piperidine rings is 1. The van der Waals surface area contributed by atoms with Crippen molar-refractivity contribution >= 4 is 11.6 Å². The topological polar surface area (TPSA) is 59.7 Å². The fourth-order valence-electron chi connectivity index (χ4n) is 2.82. The molecule has 3 rings (SSSR count). The second-order valence-corrected chi connectivity index (χ2v) is 6.10. The van der Waals surface area contributed by atoms with E-state index < -0.39 is 0 Å². The molecule has 3 heterocycles. The van der Waals surface area contributed by atoms with Gasteiger partial charge in [-0.15, -0.1) is 10.2 Å². The van der Waals surface area contributed by atoms with E-state index >= 15 is 0 Å². The van der Waals surface area contributed by atoms with E-state index in [4.69, 9.17) is 4.74 Å². The van der Waals surface area contributed by atoms with E-state index in [0.29, 0.717) is 17.1 Å². The molecule has 0 atom stereocenters. The number of pyridine rings is 1. The highest BCUT2D eigenvalue weighted by molar-refractivity contribution is 5.99. The van der Waals surface area contributed by atoms with E-state index in [-0.39, 0.29) is 12.0 Å². The number of nitrogens with zero attached hydrogens (tertiary/aromatic N) is 4. The van der Waals surface area contributed by atoms with Crippen molar-refractivity contribution in [2.24, 2.45) is 5.92 Å². The average molecular weight is 302 g/mol. The summed E-state index contributed by atoms with van der Waals surface area (Å²) in [5.74, 6) is 0.595. The summed E-state index contributed by atoms with van der Waals surface area (Å²) in [6.07, 6.45) is 5.72. The first kappa shape index (κ1) is 15.0. The van der Waals surface area contributed by atoms with Crippen LogP contribution in [0.1, 0.15) is 37.0 Å². The first-order valence-corrected chi connectivity index (χ1v) is 7.84. The van der Waals surface area contributed by atoms with Gasteiger partial charge in [-0.1, -0.05) is 0 Å². The second kappa shape index (κ2) is 6.44. The first-order chi connectivity index (χ1) is 10.6. The third-order valence-corrected chi connectivity index (χ3v) is 4.12. The molecular formula is C16H22N4O2. The summed E-state index contributed by atoms with van der Waals surface area (Å²) in [6.45, 7) is 6.45. The molecule has 0 aromatic carbocycles. The van der Waals surface area contributed by atoms with Crippen LogP contribution in [0.25, 0.3) is 5.65 Å². The molecule has 1 aliphatic heterocycles. The number of amides is 1. The summed E-state index contributed by atoms with van der Waals surface area (Å²) in [6, 6.07) is 3.67. The van der Waals surface area contributed by atoms with E-state index in [9.17, 15) is 4.79 Å². The summed E-state index contributed by atoms with van der Waals surface area (Å²) in [7, 11) is 0. The lowest BCUT2D eigenvalue weighted by molar-refractivity contribution is 0.0287. The van der Waals surface area contributed by atoms with Crippen LogP contribution in [0.15, 0.2) is 24.7 Å². The summed E-state index contributed by atoms with van der Waals surface area (Å²) in [4.78, 5) is 14.6. The molecular weight excluding hydrogens is 280 g/mol. The fourth-order valence-corrected chi connectivity index (χ4v) is 2.82. The van der Waals surface area contributed by atoms with Crippen LogP contribution >= 0.6 is 0 Å². The van der Waals surface area contributed by atoms with Gasteiger partial charge < -0.3 is 9.64 Å². The summed E-state index contributed by atoms with van der Waals surface area (Å²) in [5, 5.41) is 7.91. The van der Waals surface area contributed by atoms with Crippen molar-refractivity contribution in [3.63, 3.8) is 0 Å². The lowest BCUT2D eigenvalue weighted by Crippen LogP contribution is -2.39. The lowest BCUT2D eigenvalue weighted by atomic mass is 9.97. The normalized spacial score (nSPS) is 16.6. The summed E-state index contributed by atoms with van der Waals surface area (Å²) >= 11 is 0. The fraction of sp³-hybridized carbons (Fsp3) is 0.562. The van der Waals surface area contributed by atoms with E-state index in [1.165, 1.54) is 0 Å². The van der Waals surface area contributed by atoms with Crippen LogP contribution in [0.4, 0.5) is 0 Å². The number of rotatable bonds is 4. The average Bonchev–Trinajstić information content (AvgIpc) is 3.01. The number of fused-ring (bicyclic) bond motifs is 1. The van der Waals surface area contributed by atoms with Gasteiger partial charge in [0.25, 0.3) is 5.91 Å². The molecule has 22 heavy (non-hydrogen) atoms. The van der Waals surface area contributed by atoms with Crippen LogP contribution in [0, 0.1) is 5.92 Å². The number of likely N-dealkylation sites (tertiary alicyclic amines) is 1. The molecule has 2 aromatic heterocycles. The van der Waals surface area contributed by atoms with Gasteiger partial charge in [-0.3, -0.25) is 9.20 Å². The maximum Gasteiger partial charge on any atom is 0.257 e.